The number of cyclic esters (lactones) is 1. The Labute approximate surface area is 219 Å². The zero-order valence-corrected chi connectivity index (χ0v) is 22.0. The van der Waals surface area contributed by atoms with Gasteiger partial charge in [-0.25, -0.2) is 4.79 Å². The summed E-state index contributed by atoms with van der Waals surface area (Å²) in [6.45, 7) is 5.97. The number of anilines is 1. The third kappa shape index (κ3) is 6.97. The Morgan fingerprint density at radius 2 is 1.65 bits per heavy atom. The van der Waals surface area contributed by atoms with Crippen LogP contribution in [0.15, 0.2) is 67.0 Å². The van der Waals surface area contributed by atoms with Crippen LogP contribution in [-0.2, 0) is 17.7 Å². The van der Waals surface area contributed by atoms with Crippen LogP contribution in [0.5, 0.6) is 5.75 Å². The molecule has 2 aromatic carbocycles. The molecule has 1 aliphatic heterocycles. The number of aryl methyl sites for hydroxylation is 1. The van der Waals surface area contributed by atoms with Gasteiger partial charge in [0.05, 0.1) is 12.1 Å². The van der Waals surface area contributed by atoms with Crippen LogP contribution in [-0.4, -0.2) is 22.6 Å². The summed E-state index contributed by atoms with van der Waals surface area (Å²) in [7, 11) is 0. The topological polar surface area (TPSA) is 68.7 Å². The van der Waals surface area contributed by atoms with Crippen LogP contribution in [0.1, 0.15) is 91.1 Å². The van der Waals surface area contributed by atoms with Gasteiger partial charge in [-0.1, -0.05) is 63.3 Å². The summed E-state index contributed by atoms with van der Waals surface area (Å²) in [5, 5.41) is 0. The number of hydrogen-bond donors (Lipinski definition) is 0. The highest BCUT2D eigenvalue weighted by molar-refractivity contribution is 6.06. The molecule has 0 unspecified atom stereocenters. The van der Waals surface area contributed by atoms with E-state index >= 15 is 0 Å². The van der Waals surface area contributed by atoms with Gasteiger partial charge in [0.2, 0.25) is 5.79 Å². The lowest BCUT2D eigenvalue weighted by molar-refractivity contribution is -0.127. The minimum Gasteiger partial charge on any atom is -0.452 e. The minimum absolute atomic E-state index is 0.199. The van der Waals surface area contributed by atoms with Gasteiger partial charge in [0.25, 0.3) is 5.91 Å². The number of amides is 1. The van der Waals surface area contributed by atoms with Crippen LogP contribution < -0.4 is 9.64 Å². The Morgan fingerprint density at radius 1 is 0.919 bits per heavy atom. The molecular weight excluding hydrogens is 464 g/mol. The number of ether oxygens (including phenoxy) is 2. The Morgan fingerprint density at radius 3 is 2.38 bits per heavy atom. The number of benzene rings is 2. The van der Waals surface area contributed by atoms with E-state index in [1.165, 1.54) is 44.1 Å². The van der Waals surface area contributed by atoms with E-state index in [9.17, 15) is 9.59 Å². The molecule has 1 amide bonds. The lowest BCUT2D eigenvalue weighted by Gasteiger charge is -2.32. The molecule has 0 atom stereocenters. The van der Waals surface area contributed by atoms with Crippen molar-refractivity contribution in [2.75, 3.05) is 4.90 Å². The number of hydrogen-bond acceptors (Lipinski definition) is 5. The van der Waals surface area contributed by atoms with E-state index in [2.05, 4.69) is 36.2 Å². The number of fused-ring (bicyclic) bond motifs is 1. The van der Waals surface area contributed by atoms with Crippen LogP contribution in [0.25, 0.3) is 0 Å². The van der Waals surface area contributed by atoms with Gasteiger partial charge in [0.15, 0.2) is 0 Å². The molecule has 0 radical (unpaired) electrons. The fourth-order valence-electron chi connectivity index (χ4n) is 4.53. The minimum atomic E-state index is -1.03. The molecule has 194 valence electrons. The molecule has 0 aliphatic carbocycles. The number of rotatable bonds is 11. The predicted octanol–water partition coefficient (Wildman–Crippen LogP) is 7.12. The lowest BCUT2D eigenvalue weighted by Crippen LogP contribution is -2.39. The van der Waals surface area contributed by atoms with Gasteiger partial charge in [-0.05, 0) is 54.3 Å². The second-order valence-electron chi connectivity index (χ2n) is 10.0. The Bertz CT molecular complexity index is 1210. The van der Waals surface area contributed by atoms with E-state index in [0.717, 1.165) is 12.0 Å². The molecule has 0 N–H and O–H groups in total. The number of pyridine rings is 1. The molecule has 0 fully saturated rings. The first-order chi connectivity index (χ1) is 17.9. The molecule has 0 saturated heterocycles. The van der Waals surface area contributed by atoms with E-state index in [1.807, 2.05) is 0 Å². The third-order valence-electron chi connectivity index (χ3n) is 6.53. The summed E-state index contributed by atoms with van der Waals surface area (Å²) in [6.07, 6.45) is 11.9. The van der Waals surface area contributed by atoms with E-state index in [4.69, 9.17) is 9.47 Å². The monoisotopic (exact) mass is 500 g/mol. The first-order valence-electron chi connectivity index (χ1n) is 13.2. The number of unbranched alkanes of at least 4 members (excludes halogenated alkanes) is 5. The largest absolute Gasteiger partial charge is 0.452 e. The molecule has 0 spiro atoms. The van der Waals surface area contributed by atoms with Crippen LogP contribution in [0.3, 0.4) is 0 Å². The van der Waals surface area contributed by atoms with Gasteiger partial charge < -0.3 is 14.4 Å². The summed E-state index contributed by atoms with van der Waals surface area (Å²) in [5.41, 5.74) is 3.67. The summed E-state index contributed by atoms with van der Waals surface area (Å²) in [6, 6.07) is 17.1. The summed E-state index contributed by atoms with van der Waals surface area (Å²) in [5.74, 6) is -1.26. The zero-order valence-electron chi connectivity index (χ0n) is 22.0. The van der Waals surface area contributed by atoms with Crippen molar-refractivity contribution in [2.24, 2.45) is 0 Å². The first kappa shape index (κ1) is 26.4. The van der Waals surface area contributed by atoms with Crippen molar-refractivity contribution < 1.29 is 19.1 Å². The average Bonchev–Trinajstić information content (AvgIpc) is 2.89. The van der Waals surface area contributed by atoms with Gasteiger partial charge >= 0.3 is 5.97 Å². The smallest absolute Gasteiger partial charge is 0.345 e. The molecule has 0 saturated carbocycles. The molecule has 6 nitrogen and oxygen atoms in total. The van der Waals surface area contributed by atoms with Crippen molar-refractivity contribution in [1.29, 1.82) is 0 Å². The molecule has 2 heterocycles. The van der Waals surface area contributed by atoms with Gasteiger partial charge in [-0.3, -0.25) is 9.78 Å². The second-order valence-corrected chi connectivity index (χ2v) is 10.0. The van der Waals surface area contributed by atoms with Crippen molar-refractivity contribution in [3.8, 4) is 5.75 Å². The lowest BCUT2D eigenvalue weighted by atomic mass is 10.0. The highest BCUT2D eigenvalue weighted by Gasteiger charge is 2.34. The quantitative estimate of drug-likeness (QED) is 0.207. The van der Waals surface area contributed by atoms with E-state index in [0.29, 0.717) is 29.1 Å². The molecule has 4 rings (SSSR count). The van der Waals surface area contributed by atoms with Gasteiger partial charge in [-0.2, -0.15) is 0 Å². The molecular formula is C31H36N2O4. The van der Waals surface area contributed by atoms with Crippen LogP contribution in [0, 0.1) is 0 Å². The Balaban J connectivity index is 1.53. The number of nitrogens with zero attached hydrogens (tertiary/aromatic N) is 2. The van der Waals surface area contributed by atoms with Crippen molar-refractivity contribution in [2.45, 2.75) is 78.0 Å². The molecule has 37 heavy (non-hydrogen) atoms. The van der Waals surface area contributed by atoms with Gasteiger partial charge in [-0.15, -0.1) is 0 Å². The SMILES string of the molecule is CCCCCCCCc1ccc(CN(C(=O)c2cccnc2)c2ccc3c(c2)C(=O)OC(C)(C)O3)cc1. The molecule has 0 bridgehead atoms. The van der Waals surface area contributed by atoms with Crippen LogP contribution in [0.4, 0.5) is 5.69 Å². The van der Waals surface area contributed by atoms with Gasteiger partial charge in [0.1, 0.15) is 11.3 Å². The Kier molecular flexibility index (Phi) is 8.59. The summed E-state index contributed by atoms with van der Waals surface area (Å²) < 4.78 is 11.2. The van der Waals surface area contributed by atoms with Crippen LogP contribution >= 0.6 is 0 Å². The van der Waals surface area contributed by atoms with Crippen LogP contribution in [0.2, 0.25) is 0 Å². The van der Waals surface area contributed by atoms with Crippen molar-refractivity contribution in [3.05, 3.63) is 89.2 Å². The third-order valence-corrected chi connectivity index (χ3v) is 6.53. The van der Waals surface area contributed by atoms with Crippen molar-refractivity contribution in [1.82, 2.24) is 4.98 Å². The standard InChI is InChI=1S/C31H36N2O4/c1-4-5-6-7-8-9-11-23-13-15-24(16-14-23)22-33(29(34)25-12-10-19-32-21-25)26-17-18-28-27(20-26)30(35)37-31(2,3)36-28/h10,12-21H,4-9,11,22H2,1-3H3. The number of esters is 1. The van der Waals surface area contributed by atoms with E-state index < -0.39 is 11.8 Å². The highest BCUT2D eigenvalue weighted by Crippen LogP contribution is 2.34. The van der Waals surface area contributed by atoms with E-state index in [-0.39, 0.29) is 5.91 Å². The fourth-order valence-corrected chi connectivity index (χ4v) is 4.53. The number of carbonyl (C=O) groups excluding carboxylic acids is 2. The normalized spacial score (nSPS) is 13.9. The molecule has 1 aliphatic rings. The maximum atomic E-state index is 13.6. The molecule has 6 heteroatoms. The van der Waals surface area contributed by atoms with Crippen molar-refractivity contribution in [3.63, 3.8) is 0 Å². The number of aromatic nitrogens is 1. The summed E-state index contributed by atoms with van der Waals surface area (Å²) >= 11 is 0. The average molecular weight is 501 g/mol. The van der Waals surface area contributed by atoms with Crippen molar-refractivity contribution >= 4 is 17.6 Å². The Hall–Kier alpha value is -3.67. The molecule has 3 aromatic rings. The zero-order chi connectivity index (χ0) is 26.3. The first-order valence-corrected chi connectivity index (χ1v) is 13.2. The van der Waals surface area contributed by atoms with Gasteiger partial charge in [0, 0.05) is 31.9 Å². The second kappa shape index (κ2) is 12.0. The molecule has 1 aromatic heterocycles. The van der Waals surface area contributed by atoms with E-state index in [1.54, 1.807) is 61.5 Å². The number of carbonyl (C=O) groups is 2. The summed E-state index contributed by atoms with van der Waals surface area (Å²) in [4.78, 5) is 32.0. The fraction of sp³-hybridized carbons (Fsp3) is 0.387. The maximum Gasteiger partial charge on any atom is 0.345 e. The highest BCUT2D eigenvalue weighted by atomic mass is 16.7. The predicted molar refractivity (Wildman–Crippen MR) is 145 cm³/mol. The maximum absolute atomic E-state index is 13.6.